The van der Waals surface area contributed by atoms with Gasteiger partial charge in [-0.3, -0.25) is 9.79 Å². The predicted molar refractivity (Wildman–Crippen MR) is 106 cm³/mol. The van der Waals surface area contributed by atoms with E-state index in [1.54, 1.807) is 0 Å². The summed E-state index contributed by atoms with van der Waals surface area (Å²) in [5.41, 5.74) is 0. The second-order valence-electron chi connectivity index (χ2n) is 8.08. The van der Waals surface area contributed by atoms with Crippen LogP contribution in [0.4, 0.5) is 0 Å². The van der Waals surface area contributed by atoms with Gasteiger partial charge in [-0.05, 0) is 51.0 Å². The number of carbonyl (C=O) groups is 1. The molecule has 26 heavy (non-hydrogen) atoms. The maximum Gasteiger partial charge on any atom is 0.308 e. The van der Waals surface area contributed by atoms with Crippen LogP contribution in [0.2, 0.25) is 0 Å². The first kappa shape index (κ1) is 21.0. The van der Waals surface area contributed by atoms with Crippen LogP contribution in [0.25, 0.3) is 0 Å². The van der Waals surface area contributed by atoms with E-state index in [-0.39, 0.29) is 11.9 Å². The summed E-state index contributed by atoms with van der Waals surface area (Å²) in [6.07, 6.45) is 4.16. The molecule has 2 atom stereocenters. The van der Waals surface area contributed by atoms with Crippen molar-refractivity contribution >= 4 is 11.9 Å². The molecule has 0 spiro atoms. The Labute approximate surface area is 159 Å². The van der Waals surface area contributed by atoms with E-state index in [0.29, 0.717) is 0 Å². The third-order valence-corrected chi connectivity index (χ3v) is 5.50. The lowest BCUT2D eigenvalue weighted by molar-refractivity contribution is -0.146. The number of methoxy groups -OCH3 is 1. The standard InChI is InChI=1S/C20H38N4O2/c1-5-21-20(24-11-7-18(8-12-24)19(25)26-4)22-9-6-10-23-14-16(2)13-17(3)15-23/h16-18H,5-15H2,1-4H3,(H,21,22). The van der Waals surface area contributed by atoms with Crippen LogP contribution in [0.3, 0.4) is 0 Å². The second kappa shape index (κ2) is 10.8. The maximum atomic E-state index is 11.7. The van der Waals surface area contributed by atoms with Crippen LogP contribution >= 0.6 is 0 Å². The van der Waals surface area contributed by atoms with Crippen molar-refractivity contribution in [1.29, 1.82) is 0 Å². The quantitative estimate of drug-likeness (QED) is 0.338. The summed E-state index contributed by atoms with van der Waals surface area (Å²) in [7, 11) is 1.48. The minimum Gasteiger partial charge on any atom is -0.469 e. The average Bonchev–Trinajstić information content (AvgIpc) is 2.63. The molecule has 0 saturated carbocycles. The average molecular weight is 367 g/mol. The fraction of sp³-hybridized carbons (Fsp3) is 0.900. The molecule has 0 radical (unpaired) electrons. The van der Waals surface area contributed by atoms with Gasteiger partial charge >= 0.3 is 5.97 Å². The highest BCUT2D eigenvalue weighted by molar-refractivity contribution is 5.80. The molecule has 0 bridgehead atoms. The summed E-state index contributed by atoms with van der Waals surface area (Å²) in [5, 5.41) is 3.41. The zero-order chi connectivity index (χ0) is 18.9. The number of nitrogens with one attached hydrogen (secondary N) is 1. The number of ether oxygens (including phenoxy) is 1. The zero-order valence-corrected chi connectivity index (χ0v) is 17.2. The van der Waals surface area contributed by atoms with E-state index >= 15 is 0 Å². The van der Waals surface area contributed by atoms with Gasteiger partial charge in [0.15, 0.2) is 5.96 Å². The number of likely N-dealkylation sites (tertiary alicyclic amines) is 2. The Morgan fingerprint density at radius 3 is 2.42 bits per heavy atom. The Bertz CT molecular complexity index is 451. The Morgan fingerprint density at radius 2 is 1.85 bits per heavy atom. The first-order valence-corrected chi connectivity index (χ1v) is 10.4. The van der Waals surface area contributed by atoms with Crippen molar-refractivity contribution in [2.24, 2.45) is 22.7 Å². The maximum absolute atomic E-state index is 11.7. The van der Waals surface area contributed by atoms with E-state index in [1.165, 1.54) is 26.6 Å². The second-order valence-corrected chi connectivity index (χ2v) is 8.08. The smallest absolute Gasteiger partial charge is 0.308 e. The number of carbonyl (C=O) groups excluding carboxylic acids is 1. The molecule has 2 fully saturated rings. The van der Waals surface area contributed by atoms with Crippen LogP contribution in [-0.2, 0) is 9.53 Å². The Hall–Kier alpha value is -1.30. The van der Waals surface area contributed by atoms with Gasteiger partial charge in [-0.1, -0.05) is 13.8 Å². The highest BCUT2D eigenvalue weighted by Gasteiger charge is 2.27. The fourth-order valence-electron chi connectivity index (χ4n) is 4.37. The third-order valence-electron chi connectivity index (χ3n) is 5.50. The minimum atomic E-state index is -0.0726. The van der Waals surface area contributed by atoms with Crippen LogP contribution in [0.5, 0.6) is 0 Å². The Balaban J connectivity index is 1.77. The molecule has 0 aromatic heterocycles. The number of rotatable bonds is 6. The number of aliphatic imine (C=N–C) groups is 1. The summed E-state index contributed by atoms with van der Waals surface area (Å²) in [4.78, 5) is 21.4. The van der Waals surface area contributed by atoms with Gasteiger partial charge in [0.05, 0.1) is 13.0 Å². The molecule has 150 valence electrons. The van der Waals surface area contributed by atoms with E-state index in [4.69, 9.17) is 9.73 Å². The van der Waals surface area contributed by atoms with Gasteiger partial charge in [-0.15, -0.1) is 0 Å². The van der Waals surface area contributed by atoms with Crippen LogP contribution < -0.4 is 5.32 Å². The molecular formula is C20H38N4O2. The van der Waals surface area contributed by atoms with Gasteiger partial charge in [0.25, 0.3) is 0 Å². The van der Waals surface area contributed by atoms with Crippen molar-refractivity contribution in [3.63, 3.8) is 0 Å². The van der Waals surface area contributed by atoms with Gasteiger partial charge in [-0.2, -0.15) is 0 Å². The number of guanidine groups is 1. The molecule has 6 heteroatoms. The summed E-state index contributed by atoms with van der Waals surface area (Å²) >= 11 is 0. The fourth-order valence-corrected chi connectivity index (χ4v) is 4.37. The van der Waals surface area contributed by atoms with Crippen molar-refractivity contribution in [2.75, 3.05) is 52.9 Å². The number of esters is 1. The summed E-state index contributed by atoms with van der Waals surface area (Å²) < 4.78 is 4.88. The largest absolute Gasteiger partial charge is 0.469 e. The number of nitrogens with zero attached hydrogens (tertiary/aromatic N) is 3. The Morgan fingerprint density at radius 1 is 1.19 bits per heavy atom. The lowest BCUT2D eigenvalue weighted by atomic mass is 9.92. The first-order valence-electron chi connectivity index (χ1n) is 10.4. The number of piperidine rings is 2. The van der Waals surface area contributed by atoms with E-state index in [2.05, 4.69) is 35.9 Å². The van der Waals surface area contributed by atoms with Gasteiger partial charge in [0.2, 0.25) is 0 Å². The molecule has 2 aliphatic rings. The monoisotopic (exact) mass is 366 g/mol. The molecule has 2 unspecified atom stereocenters. The number of hydrogen-bond acceptors (Lipinski definition) is 4. The molecule has 1 N–H and O–H groups in total. The molecule has 2 rings (SSSR count). The van der Waals surface area contributed by atoms with E-state index in [0.717, 1.165) is 69.8 Å². The van der Waals surface area contributed by atoms with E-state index in [9.17, 15) is 4.79 Å². The van der Waals surface area contributed by atoms with Crippen LogP contribution in [0, 0.1) is 17.8 Å². The van der Waals surface area contributed by atoms with Crippen molar-refractivity contribution in [1.82, 2.24) is 15.1 Å². The van der Waals surface area contributed by atoms with Crippen molar-refractivity contribution in [2.45, 2.75) is 46.5 Å². The topological polar surface area (TPSA) is 57.2 Å². The summed E-state index contributed by atoms with van der Waals surface area (Å²) in [5.74, 6) is 2.60. The van der Waals surface area contributed by atoms with Crippen molar-refractivity contribution in [3.05, 3.63) is 0 Å². The van der Waals surface area contributed by atoms with Crippen LogP contribution in [0.1, 0.15) is 46.5 Å². The van der Waals surface area contributed by atoms with Crippen molar-refractivity contribution in [3.8, 4) is 0 Å². The normalized spacial score (nSPS) is 26.0. The lowest BCUT2D eigenvalue weighted by Crippen LogP contribution is -2.46. The predicted octanol–water partition coefficient (Wildman–Crippen LogP) is 2.20. The van der Waals surface area contributed by atoms with Crippen LogP contribution in [0.15, 0.2) is 4.99 Å². The molecule has 2 heterocycles. The highest BCUT2D eigenvalue weighted by atomic mass is 16.5. The van der Waals surface area contributed by atoms with Crippen LogP contribution in [-0.4, -0.2) is 74.7 Å². The summed E-state index contributed by atoms with van der Waals surface area (Å²) in [6.45, 7) is 13.9. The molecule has 2 saturated heterocycles. The molecule has 2 aliphatic heterocycles. The minimum absolute atomic E-state index is 0.0437. The van der Waals surface area contributed by atoms with Crippen molar-refractivity contribution < 1.29 is 9.53 Å². The highest BCUT2D eigenvalue weighted by Crippen LogP contribution is 2.21. The molecule has 0 aromatic rings. The molecule has 6 nitrogen and oxygen atoms in total. The van der Waals surface area contributed by atoms with Gasteiger partial charge in [0, 0.05) is 39.3 Å². The molecule has 0 aromatic carbocycles. The van der Waals surface area contributed by atoms with Gasteiger partial charge in [0.1, 0.15) is 0 Å². The van der Waals surface area contributed by atoms with Gasteiger partial charge < -0.3 is 19.9 Å². The molecule has 0 amide bonds. The third kappa shape index (κ3) is 6.45. The Kier molecular flexibility index (Phi) is 8.69. The lowest BCUT2D eigenvalue weighted by Gasteiger charge is -2.35. The SMILES string of the molecule is CCNC(=NCCCN1CC(C)CC(C)C1)N1CCC(C(=O)OC)CC1. The first-order chi connectivity index (χ1) is 12.5. The zero-order valence-electron chi connectivity index (χ0n) is 17.2. The molecule has 0 aliphatic carbocycles. The van der Waals surface area contributed by atoms with E-state index in [1.807, 2.05) is 0 Å². The number of hydrogen-bond donors (Lipinski definition) is 1. The van der Waals surface area contributed by atoms with Gasteiger partial charge in [-0.25, -0.2) is 0 Å². The summed E-state index contributed by atoms with van der Waals surface area (Å²) in [6, 6.07) is 0. The van der Waals surface area contributed by atoms with E-state index < -0.39 is 0 Å². The molecular weight excluding hydrogens is 328 g/mol.